The van der Waals surface area contributed by atoms with Crippen LogP contribution in [0.2, 0.25) is 0 Å². The predicted molar refractivity (Wildman–Crippen MR) is 74.1 cm³/mol. The molecule has 0 saturated heterocycles. The minimum atomic E-state index is -4.18. The summed E-state index contributed by atoms with van der Waals surface area (Å²) in [5.41, 5.74) is 0. The minimum Gasteiger partial charge on any atom is -0.282 e. The Hall–Kier alpha value is -0.327. The standard InChI is InChI=1S/C12H10O3S3.Zn/c13-18(14,15)10-6-7-11(16)12(8-10)17-9-4-2-1-3-5-9;/h1-8,16H,(H,13,14,15);/q;+2. The molecule has 0 saturated carbocycles. The van der Waals surface area contributed by atoms with Crippen molar-refractivity contribution in [2.24, 2.45) is 0 Å². The van der Waals surface area contributed by atoms with Gasteiger partial charge < -0.3 is 0 Å². The number of hydrogen-bond donors (Lipinski definition) is 2. The smallest absolute Gasteiger partial charge is 0.282 e. The second kappa shape index (κ2) is 6.91. The van der Waals surface area contributed by atoms with E-state index in [1.165, 1.54) is 23.9 Å². The Morgan fingerprint density at radius 3 is 2.26 bits per heavy atom. The van der Waals surface area contributed by atoms with Crippen LogP contribution in [0.15, 0.2) is 68.1 Å². The maximum Gasteiger partial charge on any atom is 2.00 e. The molecule has 0 aromatic heterocycles. The van der Waals surface area contributed by atoms with Crippen molar-refractivity contribution in [1.29, 1.82) is 0 Å². The number of rotatable bonds is 3. The van der Waals surface area contributed by atoms with Crippen molar-refractivity contribution in [2.75, 3.05) is 0 Å². The van der Waals surface area contributed by atoms with Gasteiger partial charge in [0.15, 0.2) is 0 Å². The zero-order chi connectivity index (χ0) is 13.2. The first-order valence-corrected chi connectivity index (χ1v) is 7.70. The van der Waals surface area contributed by atoms with Crippen LogP contribution in [-0.2, 0) is 29.6 Å². The molecule has 0 fully saturated rings. The Kier molecular flexibility index (Phi) is 6.08. The molecule has 94 valence electrons. The van der Waals surface area contributed by atoms with Crippen LogP contribution in [0.3, 0.4) is 0 Å². The molecule has 2 rings (SSSR count). The molecule has 0 bridgehead atoms. The van der Waals surface area contributed by atoms with Crippen LogP contribution in [0.4, 0.5) is 0 Å². The fraction of sp³-hybridized carbons (Fsp3) is 0. The van der Waals surface area contributed by atoms with E-state index in [9.17, 15) is 8.42 Å². The molecule has 0 aliphatic rings. The summed E-state index contributed by atoms with van der Waals surface area (Å²) in [5.74, 6) is 0. The molecule has 1 N–H and O–H groups in total. The zero-order valence-corrected chi connectivity index (χ0v) is 15.3. The van der Waals surface area contributed by atoms with Gasteiger partial charge in [-0.05, 0) is 30.3 Å². The molecule has 0 amide bonds. The van der Waals surface area contributed by atoms with Crippen molar-refractivity contribution in [3.8, 4) is 0 Å². The second-order valence-electron chi connectivity index (χ2n) is 3.52. The van der Waals surface area contributed by atoms with Crippen LogP contribution in [0, 0.1) is 0 Å². The second-order valence-corrected chi connectivity index (χ2v) is 6.54. The Balaban J connectivity index is 0.00000180. The van der Waals surface area contributed by atoms with Gasteiger partial charge in [0.1, 0.15) is 0 Å². The van der Waals surface area contributed by atoms with Crippen LogP contribution in [0.5, 0.6) is 0 Å². The van der Waals surface area contributed by atoms with Gasteiger partial charge in [-0.3, -0.25) is 4.55 Å². The molecule has 0 aliphatic carbocycles. The van der Waals surface area contributed by atoms with Gasteiger partial charge in [-0.2, -0.15) is 8.42 Å². The van der Waals surface area contributed by atoms with E-state index in [-0.39, 0.29) is 24.4 Å². The van der Waals surface area contributed by atoms with Crippen molar-refractivity contribution in [1.82, 2.24) is 0 Å². The van der Waals surface area contributed by atoms with Gasteiger partial charge in [-0.25, -0.2) is 0 Å². The first-order chi connectivity index (χ1) is 8.47. The molecule has 0 radical (unpaired) electrons. The molecular weight excluding hydrogens is 354 g/mol. The van der Waals surface area contributed by atoms with Crippen molar-refractivity contribution in [3.05, 3.63) is 48.5 Å². The minimum absolute atomic E-state index is 0. The van der Waals surface area contributed by atoms with Crippen LogP contribution in [0.25, 0.3) is 0 Å². The molecule has 0 heterocycles. The molecule has 2 aromatic carbocycles. The molecule has 7 heteroatoms. The first kappa shape index (κ1) is 16.7. The Labute approximate surface area is 134 Å². The van der Waals surface area contributed by atoms with Gasteiger partial charge in [0.2, 0.25) is 0 Å². The van der Waals surface area contributed by atoms with Crippen LogP contribution in [-0.4, -0.2) is 13.0 Å². The van der Waals surface area contributed by atoms with Crippen LogP contribution >= 0.6 is 24.4 Å². The molecule has 3 nitrogen and oxygen atoms in total. The maximum atomic E-state index is 11.1. The third-order valence-electron chi connectivity index (χ3n) is 2.20. The summed E-state index contributed by atoms with van der Waals surface area (Å²) >= 11 is 5.67. The summed E-state index contributed by atoms with van der Waals surface area (Å²) in [6.07, 6.45) is 0. The topological polar surface area (TPSA) is 54.4 Å². The monoisotopic (exact) mass is 362 g/mol. The van der Waals surface area contributed by atoms with E-state index in [2.05, 4.69) is 12.6 Å². The average Bonchev–Trinajstić information content (AvgIpc) is 2.32. The van der Waals surface area contributed by atoms with Crippen molar-refractivity contribution >= 4 is 34.5 Å². The van der Waals surface area contributed by atoms with Crippen LogP contribution in [0.1, 0.15) is 0 Å². The number of hydrogen-bond acceptors (Lipinski definition) is 4. The van der Waals surface area contributed by atoms with Gasteiger partial charge in [-0.15, -0.1) is 12.6 Å². The largest absolute Gasteiger partial charge is 2.00 e. The Bertz CT molecular complexity index is 657. The van der Waals surface area contributed by atoms with Crippen LogP contribution < -0.4 is 0 Å². The summed E-state index contributed by atoms with van der Waals surface area (Å²) in [4.78, 5) is 2.19. The number of benzene rings is 2. The van der Waals surface area contributed by atoms with Gasteiger partial charge in [0.25, 0.3) is 10.1 Å². The van der Waals surface area contributed by atoms with E-state index < -0.39 is 10.1 Å². The molecule has 19 heavy (non-hydrogen) atoms. The summed E-state index contributed by atoms with van der Waals surface area (Å²) < 4.78 is 31.1. The fourth-order valence-corrected chi connectivity index (χ4v) is 3.12. The summed E-state index contributed by atoms with van der Waals surface area (Å²) in [5, 5.41) is 0. The van der Waals surface area contributed by atoms with Gasteiger partial charge in [-0.1, -0.05) is 30.0 Å². The summed E-state index contributed by atoms with van der Waals surface area (Å²) in [6.45, 7) is 0. The van der Waals surface area contributed by atoms with E-state index in [1.807, 2.05) is 30.3 Å². The normalized spacial score (nSPS) is 10.8. The predicted octanol–water partition coefficient (Wildman–Crippen LogP) is 3.37. The molecule has 0 unspecified atom stereocenters. The SMILES string of the molecule is O=S(=O)(O)c1ccc(S)c(Sc2ccccc2)c1.[Zn+2]. The average molecular weight is 364 g/mol. The van der Waals surface area contributed by atoms with E-state index in [0.717, 1.165) is 4.90 Å². The third-order valence-corrected chi connectivity index (χ3v) is 4.66. The summed E-state index contributed by atoms with van der Waals surface area (Å²) in [7, 11) is -4.18. The number of thiol groups is 1. The van der Waals surface area contributed by atoms with Crippen molar-refractivity contribution in [3.63, 3.8) is 0 Å². The molecular formula is C12H10O3S3Zn+2. The first-order valence-electron chi connectivity index (χ1n) is 5.00. The quantitative estimate of drug-likeness (QED) is 0.499. The Morgan fingerprint density at radius 1 is 1.05 bits per heavy atom. The molecule has 0 atom stereocenters. The van der Waals surface area contributed by atoms with Gasteiger partial charge in [0.05, 0.1) is 4.90 Å². The Morgan fingerprint density at radius 2 is 1.68 bits per heavy atom. The maximum absolute atomic E-state index is 11.1. The van der Waals surface area contributed by atoms with E-state index in [1.54, 1.807) is 6.07 Å². The van der Waals surface area contributed by atoms with E-state index in [4.69, 9.17) is 4.55 Å². The third kappa shape index (κ3) is 4.61. The van der Waals surface area contributed by atoms with E-state index in [0.29, 0.717) is 9.79 Å². The molecule has 2 aromatic rings. The van der Waals surface area contributed by atoms with Gasteiger partial charge >= 0.3 is 19.5 Å². The van der Waals surface area contributed by atoms with E-state index >= 15 is 0 Å². The van der Waals surface area contributed by atoms with Crippen molar-refractivity contribution in [2.45, 2.75) is 19.6 Å². The zero-order valence-electron chi connectivity index (χ0n) is 9.85. The summed E-state index contributed by atoms with van der Waals surface area (Å²) in [6, 6.07) is 13.8. The molecule has 0 spiro atoms. The molecule has 0 aliphatic heterocycles. The fourth-order valence-electron chi connectivity index (χ4n) is 1.35. The van der Waals surface area contributed by atoms with Gasteiger partial charge in [0, 0.05) is 14.7 Å². The van der Waals surface area contributed by atoms with Crippen molar-refractivity contribution < 1.29 is 32.4 Å².